The molecule has 1 atom stereocenters. The van der Waals surface area contributed by atoms with Gasteiger partial charge in [0.1, 0.15) is 11.8 Å². The molecule has 1 rings (SSSR count). The number of ether oxygens (including phenoxy) is 1. The highest BCUT2D eigenvalue weighted by molar-refractivity contribution is 5.83. The molecule has 5 heteroatoms. The molecule has 0 heterocycles. The van der Waals surface area contributed by atoms with E-state index in [2.05, 4.69) is 12.2 Å². The Bertz CT molecular complexity index is 459. The molecular weight excluding hydrogens is 258 g/mol. The van der Waals surface area contributed by atoms with E-state index < -0.39 is 12.0 Å². The molecule has 0 saturated carbocycles. The van der Waals surface area contributed by atoms with Crippen LogP contribution in [0, 0.1) is 0 Å². The Kier molecular flexibility index (Phi) is 6.56. The van der Waals surface area contributed by atoms with Crippen molar-refractivity contribution in [1.82, 2.24) is 5.32 Å². The van der Waals surface area contributed by atoms with Crippen molar-refractivity contribution in [2.24, 2.45) is 0 Å². The van der Waals surface area contributed by atoms with Crippen molar-refractivity contribution < 1.29 is 19.4 Å². The van der Waals surface area contributed by atoms with Gasteiger partial charge in [0.15, 0.2) is 0 Å². The molecule has 0 radical (unpaired) electrons. The fraction of sp³-hybridized carbons (Fsp3) is 0.467. The number of carbonyl (C=O) groups excluding carboxylic acids is 1. The standard InChI is InChI=1S/C15H21NO4/c1-3-12-7-4-5-8-13(12)20-10-6-9-14(17)16-11(2)15(18)19/h4-5,7-8,11H,3,6,9-10H2,1-2H3,(H,16,17)(H,18,19). The normalized spacial score (nSPS) is 11.7. The summed E-state index contributed by atoms with van der Waals surface area (Å²) < 4.78 is 5.63. The van der Waals surface area contributed by atoms with Gasteiger partial charge in [-0.3, -0.25) is 9.59 Å². The van der Waals surface area contributed by atoms with E-state index in [4.69, 9.17) is 9.84 Å². The molecule has 1 unspecified atom stereocenters. The summed E-state index contributed by atoms with van der Waals surface area (Å²) in [6.45, 7) is 3.93. The van der Waals surface area contributed by atoms with Gasteiger partial charge in [-0.15, -0.1) is 0 Å². The first-order valence-electron chi connectivity index (χ1n) is 6.77. The lowest BCUT2D eigenvalue weighted by atomic mass is 10.1. The fourth-order valence-corrected chi connectivity index (χ4v) is 1.73. The highest BCUT2D eigenvalue weighted by Crippen LogP contribution is 2.18. The van der Waals surface area contributed by atoms with Crippen molar-refractivity contribution in [3.8, 4) is 5.75 Å². The van der Waals surface area contributed by atoms with Crippen LogP contribution in [-0.4, -0.2) is 29.6 Å². The van der Waals surface area contributed by atoms with Gasteiger partial charge in [0.25, 0.3) is 0 Å². The largest absolute Gasteiger partial charge is 0.493 e. The molecule has 0 bridgehead atoms. The zero-order valence-corrected chi connectivity index (χ0v) is 11.9. The van der Waals surface area contributed by atoms with E-state index in [1.54, 1.807) is 0 Å². The van der Waals surface area contributed by atoms with Gasteiger partial charge in [-0.1, -0.05) is 25.1 Å². The number of aryl methyl sites for hydroxylation is 1. The van der Waals surface area contributed by atoms with E-state index in [0.717, 1.165) is 17.7 Å². The minimum Gasteiger partial charge on any atom is -0.493 e. The molecule has 0 fully saturated rings. The maximum absolute atomic E-state index is 11.5. The van der Waals surface area contributed by atoms with Gasteiger partial charge in [-0.2, -0.15) is 0 Å². The summed E-state index contributed by atoms with van der Waals surface area (Å²) in [5.41, 5.74) is 1.14. The van der Waals surface area contributed by atoms with Crippen molar-refractivity contribution in [2.75, 3.05) is 6.61 Å². The summed E-state index contributed by atoms with van der Waals surface area (Å²) in [5, 5.41) is 11.1. The van der Waals surface area contributed by atoms with Crippen LogP contribution in [0.5, 0.6) is 5.75 Å². The summed E-state index contributed by atoms with van der Waals surface area (Å²) in [4.78, 5) is 22.0. The SMILES string of the molecule is CCc1ccccc1OCCCC(=O)NC(C)C(=O)O. The highest BCUT2D eigenvalue weighted by Gasteiger charge is 2.13. The van der Waals surface area contributed by atoms with Gasteiger partial charge in [0.2, 0.25) is 5.91 Å². The predicted molar refractivity (Wildman–Crippen MR) is 75.8 cm³/mol. The van der Waals surface area contributed by atoms with Crippen LogP contribution in [0.15, 0.2) is 24.3 Å². The minimum absolute atomic E-state index is 0.256. The molecule has 110 valence electrons. The summed E-state index contributed by atoms with van der Waals surface area (Å²) in [7, 11) is 0. The topological polar surface area (TPSA) is 75.6 Å². The molecule has 0 spiro atoms. The number of carboxylic acid groups (broad SMARTS) is 1. The van der Waals surface area contributed by atoms with Crippen LogP contribution in [0.25, 0.3) is 0 Å². The van der Waals surface area contributed by atoms with Crippen molar-refractivity contribution in [3.05, 3.63) is 29.8 Å². The van der Waals surface area contributed by atoms with Crippen LogP contribution in [0.2, 0.25) is 0 Å². The average Bonchev–Trinajstić information content (AvgIpc) is 2.43. The lowest BCUT2D eigenvalue weighted by Crippen LogP contribution is -2.38. The second-order valence-electron chi connectivity index (χ2n) is 4.54. The van der Waals surface area contributed by atoms with E-state index >= 15 is 0 Å². The van der Waals surface area contributed by atoms with Crippen LogP contribution >= 0.6 is 0 Å². The Morgan fingerprint density at radius 2 is 2.05 bits per heavy atom. The van der Waals surface area contributed by atoms with Gasteiger partial charge >= 0.3 is 5.97 Å². The first kappa shape index (κ1) is 16.0. The van der Waals surface area contributed by atoms with E-state index in [1.165, 1.54) is 6.92 Å². The number of para-hydroxylation sites is 1. The van der Waals surface area contributed by atoms with E-state index in [9.17, 15) is 9.59 Å². The van der Waals surface area contributed by atoms with Gasteiger partial charge in [-0.25, -0.2) is 0 Å². The maximum atomic E-state index is 11.5. The van der Waals surface area contributed by atoms with Gasteiger partial charge in [0, 0.05) is 6.42 Å². The molecule has 0 aromatic heterocycles. The molecule has 1 amide bonds. The third-order valence-electron chi connectivity index (χ3n) is 2.91. The van der Waals surface area contributed by atoms with Gasteiger partial charge in [0.05, 0.1) is 6.61 Å². The van der Waals surface area contributed by atoms with Crippen molar-refractivity contribution in [3.63, 3.8) is 0 Å². The lowest BCUT2D eigenvalue weighted by molar-refractivity contribution is -0.141. The molecular formula is C15H21NO4. The summed E-state index contributed by atoms with van der Waals surface area (Å²) in [5.74, 6) is -0.465. The third-order valence-corrected chi connectivity index (χ3v) is 2.91. The molecule has 5 nitrogen and oxygen atoms in total. The van der Waals surface area contributed by atoms with Gasteiger partial charge in [-0.05, 0) is 31.4 Å². The van der Waals surface area contributed by atoms with E-state index in [-0.39, 0.29) is 12.3 Å². The molecule has 1 aromatic rings. The maximum Gasteiger partial charge on any atom is 0.325 e. The summed E-state index contributed by atoms with van der Waals surface area (Å²) in [6.07, 6.45) is 1.70. The van der Waals surface area contributed by atoms with E-state index in [0.29, 0.717) is 13.0 Å². The first-order chi connectivity index (χ1) is 9.54. The second-order valence-corrected chi connectivity index (χ2v) is 4.54. The number of amides is 1. The zero-order valence-electron chi connectivity index (χ0n) is 11.9. The van der Waals surface area contributed by atoms with Gasteiger partial charge < -0.3 is 15.2 Å². The Morgan fingerprint density at radius 1 is 1.35 bits per heavy atom. The Labute approximate surface area is 118 Å². The van der Waals surface area contributed by atoms with Crippen molar-refractivity contribution in [2.45, 2.75) is 39.2 Å². The smallest absolute Gasteiger partial charge is 0.325 e. The van der Waals surface area contributed by atoms with Crippen LogP contribution < -0.4 is 10.1 Å². The number of hydrogen-bond acceptors (Lipinski definition) is 3. The van der Waals surface area contributed by atoms with E-state index in [1.807, 2.05) is 24.3 Å². The third kappa shape index (κ3) is 5.30. The molecule has 0 aliphatic heterocycles. The second kappa shape index (κ2) is 8.19. The Morgan fingerprint density at radius 3 is 2.70 bits per heavy atom. The molecule has 0 aliphatic carbocycles. The Hall–Kier alpha value is -2.04. The summed E-state index contributed by atoms with van der Waals surface area (Å²) >= 11 is 0. The number of hydrogen-bond donors (Lipinski definition) is 2. The fourth-order valence-electron chi connectivity index (χ4n) is 1.73. The molecule has 0 saturated heterocycles. The van der Waals surface area contributed by atoms with Crippen molar-refractivity contribution >= 4 is 11.9 Å². The quantitative estimate of drug-likeness (QED) is 0.714. The number of carbonyl (C=O) groups is 2. The zero-order chi connectivity index (χ0) is 15.0. The first-order valence-corrected chi connectivity index (χ1v) is 6.77. The molecule has 1 aromatic carbocycles. The average molecular weight is 279 g/mol. The number of carboxylic acids is 1. The molecule has 0 aliphatic rings. The highest BCUT2D eigenvalue weighted by atomic mass is 16.5. The van der Waals surface area contributed by atoms with Crippen LogP contribution in [0.4, 0.5) is 0 Å². The number of rotatable bonds is 8. The predicted octanol–water partition coefficient (Wildman–Crippen LogP) is 2.00. The number of benzene rings is 1. The lowest BCUT2D eigenvalue weighted by Gasteiger charge is -2.11. The number of aliphatic carboxylic acids is 1. The monoisotopic (exact) mass is 279 g/mol. The minimum atomic E-state index is -1.04. The number of nitrogens with one attached hydrogen (secondary N) is 1. The molecule has 2 N–H and O–H groups in total. The van der Waals surface area contributed by atoms with Crippen LogP contribution in [-0.2, 0) is 16.0 Å². The van der Waals surface area contributed by atoms with Crippen LogP contribution in [0.1, 0.15) is 32.3 Å². The molecule has 20 heavy (non-hydrogen) atoms. The summed E-state index contributed by atoms with van der Waals surface area (Å²) in [6, 6.07) is 6.94. The Balaban J connectivity index is 2.28. The van der Waals surface area contributed by atoms with Crippen LogP contribution in [0.3, 0.4) is 0 Å². The van der Waals surface area contributed by atoms with Crippen molar-refractivity contribution in [1.29, 1.82) is 0 Å².